The molecule has 1 aliphatic heterocycles. The molecule has 2 heterocycles. The van der Waals surface area contributed by atoms with Crippen LogP contribution in [0, 0.1) is 5.92 Å². The smallest absolute Gasteiger partial charge is 0.212 e. The van der Waals surface area contributed by atoms with Crippen LogP contribution in [-0.4, -0.2) is 58.7 Å². The van der Waals surface area contributed by atoms with Gasteiger partial charge in [-0.25, -0.2) is 4.98 Å². The van der Waals surface area contributed by atoms with Gasteiger partial charge >= 0.3 is 0 Å². The Kier molecular flexibility index (Phi) is 6.10. The van der Waals surface area contributed by atoms with Gasteiger partial charge in [-0.15, -0.1) is 0 Å². The molecule has 5 heteroatoms. The van der Waals surface area contributed by atoms with E-state index in [4.69, 9.17) is 4.42 Å². The van der Waals surface area contributed by atoms with Crippen molar-refractivity contribution in [3.8, 4) is 0 Å². The number of rotatable bonds is 7. The number of aliphatic hydroxyl groups is 1. The number of aromatic nitrogens is 1. The van der Waals surface area contributed by atoms with Crippen LogP contribution in [0.1, 0.15) is 45.5 Å². The SMILES string of the molecule is CC(C)N(CCO)CC1CCN(C(C)c2nc3ccccc3o2)CC1. The van der Waals surface area contributed by atoms with E-state index in [-0.39, 0.29) is 12.6 Å². The summed E-state index contributed by atoms with van der Waals surface area (Å²) in [6.45, 7) is 10.9. The van der Waals surface area contributed by atoms with Gasteiger partial charge in [-0.1, -0.05) is 12.1 Å². The van der Waals surface area contributed by atoms with Crippen molar-refractivity contribution < 1.29 is 9.52 Å². The number of oxazole rings is 1. The molecule has 1 fully saturated rings. The number of para-hydroxylation sites is 2. The third kappa shape index (κ3) is 4.40. The molecule has 1 atom stereocenters. The molecule has 25 heavy (non-hydrogen) atoms. The quantitative estimate of drug-likeness (QED) is 0.834. The molecule has 1 saturated heterocycles. The zero-order valence-corrected chi connectivity index (χ0v) is 15.7. The van der Waals surface area contributed by atoms with E-state index in [1.54, 1.807) is 0 Å². The Bertz CT molecular complexity index is 629. The van der Waals surface area contributed by atoms with Crippen molar-refractivity contribution in [2.45, 2.75) is 45.7 Å². The van der Waals surface area contributed by atoms with Gasteiger partial charge < -0.3 is 9.52 Å². The van der Waals surface area contributed by atoms with Crippen molar-refractivity contribution in [3.05, 3.63) is 30.2 Å². The highest BCUT2D eigenvalue weighted by Gasteiger charge is 2.27. The summed E-state index contributed by atoms with van der Waals surface area (Å²) in [6, 6.07) is 8.67. The topological polar surface area (TPSA) is 52.7 Å². The monoisotopic (exact) mass is 345 g/mol. The van der Waals surface area contributed by atoms with Gasteiger partial charge in [0.25, 0.3) is 0 Å². The number of hydrogen-bond donors (Lipinski definition) is 1. The second-order valence-electron chi connectivity index (χ2n) is 7.49. The summed E-state index contributed by atoms with van der Waals surface area (Å²) in [5, 5.41) is 9.25. The summed E-state index contributed by atoms with van der Waals surface area (Å²) >= 11 is 0. The molecule has 138 valence electrons. The number of piperidine rings is 1. The maximum atomic E-state index is 9.25. The maximum absolute atomic E-state index is 9.25. The van der Waals surface area contributed by atoms with Gasteiger partial charge in [0.15, 0.2) is 5.58 Å². The van der Waals surface area contributed by atoms with Crippen LogP contribution < -0.4 is 0 Å². The number of aliphatic hydroxyl groups excluding tert-OH is 1. The minimum Gasteiger partial charge on any atom is -0.439 e. The maximum Gasteiger partial charge on any atom is 0.212 e. The summed E-state index contributed by atoms with van der Waals surface area (Å²) in [4.78, 5) is 9.53. The lowest BCUT2D eigenvalue weighted by Gasteiger charge is -2.37. The number of hydrogen-bond acceptors (Lipinski definition) is 5. The van der Waals surface area contributed by atoms with E-state index < -0.39 is 0 Å². The van der Waals surface area contributed by atoms with Crippen LogP contribution in [0.15, 0.2) is 28.7 Å². The van der Waals surface area contributed by atoms with Gasteiger partial charge in [0.1, 0.15) is 5.52 Å². The van der Waals surface area contributed by atoms with Crippen molar-refractivity contribution in [2.24, 2.45) is 5.92 Å². The molecule has 0 amide bonds. The third-order valence-corrected chi connectivity index (χ3v) is 5.47. The second kappa shape index (κ2) is 8.30. The fourth-order valence-electron chi connectivity index (χ4n) is 3.77. The normalized spacial score (nSPS) is 18.5. The van der Waals surface area contributed by atoms with Gasteiger partial charge in [-0.3, -0.25) is 9.80 Å². The highest BCUT2D eigenvalue weighted by molar-refractivity contribution is 5.72. The van der Waals surface area contributed by atoms with E-state index in [1.165, 1.54) is 12.8 Å². The first kappa shape index (κ1) is 18.4. The molecule has 0 radical (unpaired) electrons. The predicted octanol–water partition coefficient (Wildman–Crippen LogP) is 3.30. The molecule has 1 aromatic heterocycles. The second-order valence-corrected chi connectivity index (χ2v) is 7.49. The van der Waals surface area contributed by atoms with Gasteiger partial charge in [-0.2, -0.15) is 0 Å². The molecule has 1 aromatic carbocycles. The van der Waals surface area contributed by atoms with E-state index in [1.807, 2.05) is 24.3 Å². The van der Waals surface area contributed by atoms with Crippen LogP contribution in [0.2, 0.25) is 0 Å². The van der Waals surface area contributed by atoms with Crippen LogP contribution in [-0.2, 0) is 0 Å². The summed E-state index contributed by atoms with van der Waals surface area (Å²) in [7, 11) is 0. The number of nitrogens with zero attached hydrogens (tertiary/aromatic N) is 3. The van der Waals surface area contributed by atoms with Gasteiger partial charge in [0.05, 0.1) is 12.6 Å². The van der Waals surface area contributed by atoms with Crippen LogP contribution in [0.25, 0.3) is 11.1 Å². The lowest BCUT2D eigenvalue weighted by Crippen LogP contribution is -2.42. The van der Waals surface area contributed by atoms with E-state index in [0.717, 1.165) is 43.2 Å². The first-order valence-electron chi connectivity index (χ1n) is 9.53. The predicted molar refractivity (Wildman–Crippen MR) is 101 cm³/mol. The Morgan fingerprint density at radius 1 is 1.24 bits per heavy atom. The minimum absolute atomic E-state index is 0.215. The molecule has 2 aromatic rings. The molecule has 0 spiro atoms. The summed E-state index contributed by atoms with van der Waals surface area (Å²) in [6.07, 6.45) is 2.39. The zero-order valence-electron chi connectivity index (χ0n) is 15.7. The highest BCUT2D eigenvalue weighted by Crippen LogP contribution is 2.28. The molecule has 3 rings (SSSR count). The van der Waals surface area contributed by atoms with Crippen LogP contribution >= 0.6 is 0 Å². The third-order valence-electron chi connectivity index (χ3n) is 5.47. The lowest BCUT2D eigenvalue weighted by molar-refractivity contribution is 0.0878. The molecule has 1 N–H and O–H groups in total. The number of fused-ring (bicyclic) bond motifs is 1. The Hall–Kier alpha value is -1.43. The number of benzene rings is 1. The van der Waals surface area contributed by atoms with Crippen molar-refractivity contribution in [2.75, 3.05) is 32.8 Å². The highest BCUT2D eigenvalue weighted by atomic mass is 16.3. The average Bonchev–Trinajstić information content (AvgIpc) is 3.05. The Morgan fingerprint density at radius 3 is 2.60 bits per heavy atom. The summed E-state index contributed by atoms with van der Waals surface area (Å²) in [5.41, 5.74) is 1.81. The Morgan fingerprint density at radius 2 is 1.96 bits per heavy atom. The van der Waals surface area contributed by atoms with Crippen molar-refractivity contribution in [3.63, 3.8) is 0 Å². The van der Waals surface area contributed by atoms with E-state index in [9.17, 15) is 5.11 Å². The molecular weight excluding hydrogens is 314 g/mol. The van der Waals surface area contributed by atoms with E-state index in [0.29, 0.717) is 12.0 Å². The zero-order chi connectivity index (χ0) is 17.8. The number of likely N-dealkylation sites (tertiary alicyclic amines) is 1. The average molecular weight is 345 g/mol. The lowest BCUT2D eigenvalue weighted by atomic mass is 9.94. The van der Waals surface area contributed by atoms with Crippen LogP contribution in [0.5, 0.6) is 0 Å². The minimum atomic E-state index is 0.215. The van der Waals surface area contributed by atoms with E-state index >= 15 is 0 Å². The molecular formula is C20H31N3O2. The molecule has 1 aliphatic rings. The summed E-state index contributed by atoms with van der Waals surface area (Å²) in [5.74, 6) is 1.53. The molecule has 1 unspecified atom stereocenters. The van der Waals surface area contributed by atoms with Gasteiger partial charge in [0.2, 0.25) is 5.89 Å². The first-order valence-corrected chi connectivity index (χ1v) is 9.53. The largest absolute Gasteiger partial charge is 0.439 e. The molecule has 0 aliphatic carbocycles. The van der Waals surface area contributed by atoms with E-state index in [2.05, 4.69) is 35.6 Å². The van der Waals surface area contributed by atoms with Crippen LogP contribution in [0.3, 0.4) is 0 Å². The summed E-state index contributed by atoms with van der Waals surface area (Å²) < 4.78 is 5.95. The van der Waals surface area contributed by atoms with Crippen LogP contribution in [0.4, 0.5) is 0 Å². The Balaban J connectivity index is 1.56. The molecule has 5 nitrogen and oxygen atoms in total. The fourth-order valence-corrected chi connectivity index (χ4v) is 3.77. The fraction of sp³-hybridized carbons (Fsp3) is 0.650. The Labute approximate surface area is 150 Å². The van der Waals surface area contributed by atoms with Gasteiger partial charge in [0, 0.05) is 19.1 Å². The molecule has 0 bridgehead atoms. The van der Waals surface area contributed by atoms with Crippen molar-refractivity contribution in [1.29, 1.82) is 0 Å². The standard InChI is InChI=1S/C20H31N3O2/c1-15(2)23(12-13-24)14-17-8-10-22(11-9-17)16(3)20-21-18-6-4-5-7-19(18)25-20/h4-7,15-17,24H,8-14H2,1-3H3. The van der Waals surface area contributed by atoms with Crippen molar-refractivity contribution >= 4 is 11.1 Å². The first-order chi connectivity index (χ1) is 12.1. The van der Waals surface area contributed by atoms with Gasteiger partial charge in [-0.05, 0) is 64.8 Å². The van der Waals surface area contributed by atoms with Crippen molar-refractivity contribution in [1.82, 2.24) is 14.8 Å². The molecule has 0 saturated carbocycles.